The van der Waals surface area contributed by atoms with Crippen LogP contribution in [0.1, 0.15) is 12.0 Å². The van der Waals surface area contributed by atoms with Gasteiger partial charge in [0.05, 0.1) is 5.92 Å². The number of nitrogens with one attached hydrogen (secondary N) is 1. The highest BCUT2D eigenvalue weighted by Gasteiger charge is 2.34. The lowest BCUT2D eigenvalue weighted by atomic mass is 10.1. The van der Waals surface area contributed by atoms with Crippen molar-refractivity contribution in [2.24, 2.45) is 5.92 Å². The van der Waals surface area contributed by atoms with E-state index in [9.17, 15) is 14.4 Å². The molecule has 27 heavy (non-hydrogen) atoms. The third-order valence-corrected chi connectivity index (χ3v) is 4.69. The Balaban J connectivity index is 1.43. The highest BCUT2D eigenvalue weighted by atomic mass is 16.4. The molecular formula is C21H18N2O4. The Kier molecular flexibility index (Phi) is 4.46. The number of anilines is 1. The van der Waals surface area contributed by atoms with Crippen LogP contribution < -0.4 is 10.9 Å². The van der Waals surface area contributed by atoms with Crippen LogP contribution in [-0.2, 0) is 16.1 Å². The summed E-state index contributed by atoms with van der Waals surface area (Å²) in [5, 5.41) is 3.58. The summed E-state index contributed by atoms with van der Waals surface area (Å²) in [6.07, 6.45) is 0.209. The fourth-order valence-corrected chi connectivity index (χ4v) is 3.30. The van der Waals surface area contributed by atoms with Gasteiger partial charge < -0.3 is 14.6 Å². The van der Waals surface area contributed by atoms with E-state index in [-0.39, 0.29) is 24.2 Å². The number of likely N-dealkylation sites (tertiary alicyclic amines) is 1. The second kappa shape index (κ2) is 7.07. The minimum absolute atomic E-state index is 0.0145. The van der Waals surface area contributed by atoms with Crippen molar-refractivity contribution < 1.29 is 14.0 Å². The first-order valence-corrected chi connectivity index (χ1v) is 8.75. The molecule has 0 spiro atoms. The SMILES string of the molecule is O=C(Nc1ccc2oc(=O)ccc2c1)[C@H]1CC(=O)N(Cc2ccccc2)C1. The van der Waals surface area contributed by atoms with Gasteiger partial charge in [-0.1, -0.05) is 30.3 Å². The quantitative estimate of drug-likeness (QED) is 0.724. The molecule has 1 atom stereocenters. The van der Waals surface area contributed by atoms with E-state index in [1.165, 1.54) is 6.07 Å². The molecule has 1 N–H and O–H groups in total. The number of rotatable bonds is 4. The molecule has 6 nitrogen and oxygen atoms in total. The fraction of sp³-hybridized carbons (Fsp3) is 0.190. The Morgan fingerprint density at radius 1 is 1.07 bits per heavy atom. The standard InChI is InChI=1S/C21H18N2O4/c24-19-11-16(13-23(19)12-14-4-2-1-3-5-14)21(26)22-17-7-8-18-15(10-17)6-9-20(25)27-18/h1-10,16H,11-13H2,(H,22,26)/t16-/m0/s1. The van der Waals surface area contributed by atoms with E-state index in [0.717, 1.165) is 10.9 Å². The minimum atomic E-state index is -0.415. The molecule has 1 saturated heterocycles. The lowest BCUT2D eigenvalue weighted by molar-refractivity contribution is -0.128. The molecule has 1 aromatic heterocycles. The molecule has 1 aliphatic heterocycles. The van der Waals surface area contributed by atoms with Crippen molar-refractivity contribution in [1.29, 1.82) is 0 Å². The van der Waals surface area contributed by atoms with E-state index < -0.39 is 5.63 Å². The van der Waals surface area contributed by atoms with Crippen molar-refractivity contribution >= 4 is 28.5 Å². The van der Waals surface area contributed by atoms with Gasteiger partial charge in [-0.25, -0.2) is 4.79 Å². The third kappa shape index (κ3) is 3.74. The van der Waals surface area contributed by atoms with Gasteiger partial charge in [0, 0.05) is 36.7 Å². The summed E-state index contributed by atoms with van der Waals surface area (Å²) >= 11 is 0. The molecule has 1 aliphatic rings. The maximum Gasteiger partial charge on any atom is 0.336 e. The van der Waals surface area contributed by atoms with Crippen LogP contribution in [-0.4, -0.2) is 23.3 Å². The van der Waals surface area contributed by atoms with Crippen LogP contribution >= 0.6 is 0 Å². The van der Waals surface area contributed by atoms with E-state index in [1.807, 2.05) is 30.3 Å². The molecule has 2 aromatic carbocycles. The van der Waals surface area contributed by atoms with Crippen LogP contribution in [0.25, 0.3) is 11.0 Å². The van der Waals surface area contributed by atoms with Gasteiger partial charge in [-0.05, 0) is 29.8 Å². The second-order valence-electron chi connectivity index (χ2n) is 6.66. The third-order valence-electron chi connectivity index (χ3n) is 4.69. The number of nitrogens with zero attached hydrogens (tertiary/aromatic N) is 1. The summed E-state index contributed by atoms with van der Waals surface area (Å²) in [6, 6.07) is 17.8. The number of amides is 2. The van der Waals surface area contributed by atoms with Crippen molar-refractivity contribution in [3.8, 4) is 0 Å². The molecule has 3 aromatic rings. The normalized spacial score (nSPS) is 16.7. The first-order chi connectivity index (χ1) is 13.1. The monoisotopic (exact) mass is 362 g/mol. The van der Waals surface area contributed by atoms with Gasteiger partial charge in [0.15, 0.2) is 0 Å². The molecule has 2 heterocycles. The zero-order chi connectivity index (χ0) is 18.8. The average molecular weight is 362 g/mol. The summed E-state index contributed by atoms with van der Waals surface area (Å²) in [7, 11) is 0. The van der Waals surface area contributed by atoms with Gasteiger partial charge in [0.1, 0.15) is 5.58 Å². The zero-order valence-electron chi connectivity index (χ0n) is 14.6. The first-order valence-electron chi connectivity index (χ1n) is 8.75. The Hall–Kier alpha value is -3.41. The minimum Gasteiger partial charge on any atom is -0.423 e. The van der Waals surface area contributed by atoms with Crippen molar-refractivity contribution in [2.75, 3.05) is 11.9 Å². The molecule has 0 bridgehead atoms. The van der Waals surface area contributed by atoms with Crippen molar-refractivity contribution in [3.05, 3.63) is 76.6 Å². The number of carbonyl (C=O) groups is 2. The number of carbonyl (C=O) groups excluding carboxylic acids is 2. The molecule has 0 saturated carbocycles. The van der Waals surface area contributed by atoms with Gasteiger partial charge in [-0.15, -0.1) is 0 Å². The molecule has 0 radical (unpaired) electrons. The van der Waals surface area contributed by atoms with Crippen LogP contribution in [0.2, 0.25) is 0 Å². The summed E-state index contributed by atoms with van der Waals surface area (Å²) in [5.41, 5.74) is 1.70. The summed E-state index contributed by atoms with van der Waals surface area (Å²) in [6.45, 7) is 0.917. The Labute approximate surface area is 155 Å². The number of hydrogen-bond acceptors (Lipinski definition) is 4. The van der Waals surface area contributed by atoms with Gasteiger partial charge in [-0.3, -0.25) is 9.59 Å². The molecule has 0 aliphatic carbocycles. The van der Waals surface area contributed by atoms with E-state index in [2.05, 4.69) is 5.32 Å². The van der Waals surface area contributed by atoms with Crippen LogP contribution in [0.15, 0.2) is 69.9 Å². The topological polar surface area (TPSA) is 79.6 Å². The Morgan fingerprint density at radius 3 is 2.70 bits per heavy atom. The summed E-state index contributed by atoms with van der Waals surface area (Å²) < 4.78 is 5.09. The maximum absolute atomic E-state index is 12.6. The van der Waals surface area contributed by atoms with E-state index >= 15 is 0 Å². The fourth-order valence-electron chi connectivity index (χ4n) is 3.30. The Bertz CT molecular complexity index is 1060. The molecule has 0 unspecified atom stereocenters. The van der Waals surface area contributed by atoms with Gasteiger partial charge >= 0.3 is 5.63 Å². The van der Waals surface area contributed by atoms with Crippen LogP contribution in [0, 0.1) is 5.92 Å². The molecule has 4 rings (SSSR count). The van der Waals surface area contributed by atoms with Gasteiger partial charge in [0.25, 0.3) is 0 Å². The summed E-state index contributed by atoms with van der Waals surface area (Å²) in [5.74, 6) is -0.583. The smallest absolute Gasteiger partial charge is 0.336 e. The highest BCUT2D eigenvalue weighted by molar-refractivity contribution is 5.98. The predicted octanol–water partition coefficient (Wildman–Crippen LogP) is 2.78. The van der Waals surface area contributed by atoms with Crippen LogP contribution in [0.3, 0.4) is 0 Å². The van der Waals surface area contributed by atoms with Gasteiger partial charge in [0.2, 0.25) is 11.8 Å². The molecular weight excluding hydrogens is 344 g/mol. The van der Waals surface area contributed by atoms with Crippen molar-refractivity contribution in [1.82, 2.24) is 4.90 Å². The van der Waals surface area contributed by atoms with Crippen LogP contribution in [0.4, 0.5) is 5.69 Å². The molecule has 6 heteroatoms. The van der Waals surface area contributed by atoms with Gasteiger partial charge in [-0.2, -0.15) is 0 Å². The predicted molar refractivity (Wildman–Crippen MR) is 101 cm³/mol. The first kappa shape index (κ1) is 17.0. The molecule has 1 fully saturated rings. The van der Waals surface area contributed by atoms with E-state index in [0.29, 0.717) is 24.4 Å². The zero-order valence-corrected chi connectivity index (χ0v) is 14.6. The highest BCUT2D eigenvalue weighted by Crippen LogP contribution is 2.23. The number of benzene rings is 2. The van der Waals surface area contributed by atoms with Crippen molar-refractivity contribution in [2.45, 2.75) is 13.0 Å². The number of fused-ring (bicyclic) bond motifs is 1. The molecule has 2 amide bonds. The lowest BCUT2D eigenvalue weighted by Crippen LogP contribution is -2.28. The lowest BCUT2D eigenvalue weighted by Gasteiger charge is -2.16. The van der Waals surface area contributed by atoms with Crippen molar-refractivity contribution in [3.63, 3.8) is 0 Å². The Morgan fingerprint density at radius 2 is 1.89 bits per heavy atom. The average Bonchev–Trinajstić information content (AvgIpc) is 3.03. The van der Waals surface area contributed by atoms with E-state index in [1.54, 1.807) is 29.2 Å². The largest absolute Gasteiger partial charge is 0.423 e. The second-order valence-corrected chi connectivity index (χ2v) is 6.66. The molecule has 136 valence electrons. The summed E-state index contributed by atoms with van der Waals surface area (Å²) in [4.78, 5) is 37.8. The number of hydrogen-bond donors (Lipinski definition) is 1. The maximum atomic E-state index is 12.6. The van der Waals surface area contributed by atoms with E-state index in [4.69, 9.17) is 4.42 Å². The van der Waals surface area contributed by atoms with Crippen LogP contribution in [0.5, 0.6) is 0 Å².